The summed E-state index contributed by atoms with van der Waals surface area (Å²) in [5.74, 6) is 2.33. The summed E-state index contributed by atoms with van der Waals surface area (Å²) in [5, 5.41) is 7.25. The lowest BCUT2D eigenvalue weighted by Crippen LogP contribution is -2.21. The topological polar surface area (TPSA) is 67.1 Å². The highest BCUT2D eigenvalue weighted by atomic mass is 16.5. The molecule has 0 aromatic carbocycles. The van der Waals surface area contributed by atoms with E-state index in [0.717, 1.165) is 30.3 Å². The molecule has 0 radical (unpaired) electrons. The first-order valence-corrected chi connectivity index (χ1v) is 6.75. The number of hydrogen-bond acceptors (Lipinski definition) is 6. The van der Waals surface area contributed by atoms with Crippen LogP contribution in [0, 0.1) is 0 Å². The highest BCUT2D eigenvalue weighted by molar-refractivity contribution is 5.57. The van der Waals surface area contributed by atoms with E-state index >= 15 is 0 Å². The molecule has 0 fully saturated rings. The normalized spacial score (nSPS) is 11.3. The molecule has 0 aliphatic heterocycles. The van der Waals surface area contributed by atoms with Crippen molar-refractivity contribution in [2.75, 3.05) is 32.5 Å². The molecular formula is C14H21N5O. The van der Waals surface area contributed by atoms with E-state index in [1.807, 2.05) is 40.1 Å². The summed E-state index contributed by atoms with van der Waals surface area (Å²) in [7, 11) is 4.08. The maximum Gasteiger partial charge on any atom is 0.258 e. The fourth-order valence-electron chi connectivity index (χ4n) is 1.65. The molecule has 20 heavy (non-hydrogen) atoms. The van der Waals surface area contributed by atoms with Crippen molar-refractivity contribution in [1.82, 2.24) is 20.0 Å². The molecule has 2 aromatic rings. The average molecular weight is 275 g/mol. The minimum atomic E-state index is 0.257. The summed E-state index contributed by atoms with van der Waals surface area (Å²) in [6, 6.07) is 3.79. The van der Waals surface area contributed by atoms with Gasteiger partial charge in [-0.1, -0.05) is 19.0 Å². The number of likely N-dealkylation sites (N-methyl/N-ethyl adjacent to an activating group) is 1. The van der Waals surface area contributed by atoms with E-state index in [9.17, 15) is 0 Å². The lowest BCUT2D eigenvalue weighted by atomic mass is 10.2. The van der Waals surface area contributed by atoms with Crippen LogP contribution in [0.25, 0.3) is 11.5 Å². The van der Waals surface area contributed by atoms with Gasteiger partial charge >= 0.3 is 0 Å². The number of nitrogens with zero attached hydrogens (tertiary/aromatic N) is 4. The number of hydrogen-bond donors (Lipinski definition) is 1. The van der Waals surface area contributed by atoms with E-state index in [1.165, 1.54) is 0 Å². The van der Waals surface area contributed by atoms with E-state index in [4.69, 9.17) is 4.52 Å². The zero-order valence-electron chi connectivity index (χ0n) is 12.4. The molecule has 0 bridgehead atoms. The molecule has 0 amide bonds. The molecule has 1 N–H and O–H groups in total. The van der Waals surface area contributed by atoms with Gasteiger partial charge in [-0.2, -0.15) is 4.98 Å². The smallest absolute Gasteiger partial charge is 0.258 e. The maximum absolute atomic E-state index is 5.28. The van der Waals surface area contributed by atoms with Crippen LogP contribution in [0.1, 0.15) is 25.6 Å². The molecule has 0 spiro atoms. The Morgan fingerprint density at radius 2 is 2.15 bits per heavy atom. The van der Waals surface area contributed by atoms with Crippen molar-refractivity contribution < 1.29 is 4.52 Å². The van der Waals surface area contributed by atoms with Crippen molar-refractivity contribution in [3.63, 3.8) is 0 Å². The van der Waals surface area contributed by atoms with Crippen LogP contribution in [0.2, 0.25) is 0 Å². The summed E-state index contributed by atoms with van der Waals surface area (Å²) in [6.45, 7) is 5.86. The van der Waals surface area contributed by atoms with Gasteiger partial charge in [-0.15, -0.1) is 0 Å². The van der Waals surface area contributed by atoms with Gasteiger partial charge in [-0.3, -0.25) is 0 Å². The second-order valence-corrected chi connectivity index (χ2v) is 5.27. The van der Waals surface area contributed by atoms with E-state index < -0.39 is 0 Å². The summed E-state index contributed by atoms with van der Waals surface area (Å²) in [6.07, 6.45) is 1.74. The van der Waals surface area contributed by atoms with Crippen LogP contribution in [0.15, 0.2) is 22.9 Å². The van der Waals surface area contributed by atoms with Crippen molar-refractivity contribution in [3.8, 4) is 11.5 Å². The fourth-order valence-corrected chi connectivity index (χ4v) is 1.65. The van der Waals surface area contributed by atoms with Crippen molar-refractivity contribution in [2.24, 2.45) is 0 Å². The van der Waals surface area contributed by atoms with E-state index in [0.29, 0.717) is 5.89 Å². The quantitative estimate of drug-likeness (QED) is 0.872. The van der Waals surface area contributed by atoms with E-state index in [-0.39, 0.29) is 5.92 Å². The van der Waals surface area contributed by atoms with Gasteiger partial charge in [0.05, 0.1) is 0 Å². The number of pyridine rings is 1. The first kappa shape index (κ1) is 14.5. The summed E-state index contributed by atoms with van der Waals surface area (Å²) < 4.78 is 5.28. The van der Waals surface area contributed by atoms with Crippen LogP contribution in [0.4, 0.5) is 5.82 Å². The molecule has 2 heterocycles. The lowest BCUT2D eigenvalue weighted by Gasteiger charge is -2.10. The Balaban J connectivity index is 2.08. The van der Waals surface area contributed by atoms with Gasteiger partial charge in [-0.05, 0) is 26.2 Å². The van der Waals surface area contributed by atoms with Crippen LogP contribution in [0.3, 0.4) is 0 Å². The molecule has 0 saturated carbocycles. The van der Waals surface area contributed by atoms with Crippen LogP contribution < -0.4 is 5.32 Å². The van der Waals surface area contributed by atoms with Gasteiger partial charge in [0.2, 0.25) is 0 Å². The van der Waals surface area contributed by atoms with Gasteiger partial charge < -0.3 is 14.7 Å². The summed E-state index contributed by atoms with van der Waals surface area (Å²) in [5.41, 5.74) is 0.881. The van der Waals surface area contributed by atoms with Crippen LogP contribution in [0.5, 0.6) is 0 Å². The summed E-state index contributed by atoms with van der Waals surface area (Å²) >= 11 is 0. The monoisotopic (exact) mass is 275 g/mol. The Morgan fingerprint density at radius 3 is 2.80 bits per heavy atom. The van der Waals surface area contributed by atoms with E-state index in [2.05, 4.69) is 25.3 Å². The van der Waals surface area contributed by atoms with Crippen molar-refractivity contribution in [2.45, 2.75) is 19.8 Å². The molecule has 2 aromatic heterocycles. The Labute approximate surface area is 119 Å². The highest BCUT2D eigenvalue weighted by Crippen LogP contribution is 2.21. The van der Waals surface area contributed by atoms with Crippen molar-refractivity contribution in [3.05, 3.63) is 24.2 Å². The minimum Gasteiger partial charge on any atom is -0.369 e. The van der Waals surface area contributed by atoms with E-state index in [1.54, 1.807) is 6.20 Å². The number of rotatable bonds is 6. The molecular weight excluding hydrogens is 254 g/mol. The SMILES string of the molecule is CC(C)c1noc(-c2ccnc(NCCN(C)C)c2)n1. The predicted molar refractivity (Wildman–Crippen MR) is 78.7 cm³/mol. The molecule has 0 aliphatic carbocycles. The number of aromatic nitrogens is 3. The third-order valence-corrected chi connectivity index (χ3v) is 2.83. The zero-order chi connectivity index (χ0) is 14.5. The second kappa shape index (κ2) is 6.47. The minimum absolute atomic E-state index is 0.257. The zero-order valence-corrected chi connectivity index (χ0v) is 12.4. The molecule has 108 valence electrons. The first-order chi connectivity index (χ1) is 9.56. The third kappa shape index (κ3) is 3.77. The van der Waals surface area contributed by atoms with Crippen LogP contribution >= 0.6 is 0 Å². The Morgan fingerprint density at radius 1 is 1.35 bits per heavy atom. The van der Waals surface area contributed by atoms with Crippen molar-refractivity contribution in [1.29, 1.82) is 0 Å². The fraction of sp³-hybridized carbons (Fsp3) is 0.500. The Bertz CT molecular complexity index is 550. The third-order valence-electron chi connectivity index (χ3n) is 2.83. The largest absolute Gasteiger partial charge is 0.369 e. The van der Waals surface area contributed by atoms with Gasteiger partial charge in [-0.25, -0.2) is 4.98 Å². The lowest BCUT2D eigenvalue weighted by molar-refractivity contribution is 0.419. The Kier molecular flexibility index (Phi) is 4.68. The molecule has 0 atom stereocenters. The highest BCUT2D eigenvalue weighted by Gasteiger charge is 2.11. The second-order valence-electron chi connectivity index (χ2n) is 5.27. The predicted octanol–water partition coefficient (Wildman–Crippen LogP) is 2.23. The first-order valence-electron chi connectivity index (χ1n) is 6.75. The van der Waals surface area contributed by atoms with Crippen LogP contribution in [-0.2, 0) is 0 Å². The maximum atomic E-state index is 5.28. The summed E-state index contributed by atoms with van der Waals surface area (Å²) in [4.78, 5) is 10.8. The van der Waals surface area contributed by atoms with Crippen LogP contribution in [-0.4, -0.2) is 47.2 Å². The molecule has 6 heteroatoms. The molecule has 0 aliphatic rings. The van der Waals surface area contributed by atoms with Gasteiger partial charge in [0, 0.05) is 30.8 Å². The standard InChI is InChI=1S/C14H21N5O/c1-10(2)13-17-14(20-18-13)11-5-6-15-12(9-11)16-7-8-19(3)4/h5-6,9-10H,7-8H2,1-4H3,(H,15,16). The van der Waals surface area contributed by atoms with Gasteiger partial charge in [0.25, 0.3) is 5.89 Å². The Hall–Kier alpha value is -1.95. The number of nitrogens with one attached hydrogen (secondary N) is 1. The average Bonchev–Trinajstić information content (AvgIpc) is 2.88. The van der Waals surface area contributed by atoms with Gasteiger partial charge in [0.15, 0.2) is 5.82 Å². The molecule has 6 nitrogen and oxygen atoms in total. The molecule has 0 unspecified atom stereocenters. The molecule has 2 rings (SSSR count). The number of anilines is 1. The van der Waals surface area contributed by atoms with Crippen molar-refractivity contribution >= 4 is 5.82 Å². The molecule has 0 saturated heterocycles. The van der Waals surface area contributed by atoms with Gasteiger partial charge in [0.1, 0.15) is 5.82 Å².